The van der Waals surface area contributed by atoms with E-state index >= 15 is 0 Å². The highest BCUT2D eigenvalue weighted by Crippen LogP contribution is 2.24. The third-order valence-electron chi connectivity index (χ3n) is 4.51. The van der Waals surface area contributed by atoms with Crippen molar-refractivity contribution >= 4 is 10.9 Å². The number of alkyl halides is 3. The number of nitrogens with zero attached hydrogens (tertiary/aromatic N) is 2. The molecule has 0 unspecified atom stereocenters. The lowest BCUT2D eigenvalue weighted by Gasteiger charge is -2.30. The standard InChI is InChI=1S/C17H20F3N3O4/c18-17(19,20)27-11-3-4-13-12(7-11)16(26)23(9-22-13)8-10(24)6-14-15(25)2-1-5-21-14/h3-4,7,9-10,14-15,21,24-25H,1-2,5-6,8H2/t10-,14+,15-/m0/s1. The van der Waals surface area contributed by atoms with Gasteiger partial charge in [0.15, 0.2) is 0 Å². The highest BCUT2D eigenvalue weighted by molar-refractivity contribution is 5.78. The third kappa shape index (κ3) is 4.96. The molecule has 0 spiro atoms. The predicted molar refractivity (Wildman–Crippen MR) is 90.3 cm³/mol. The Bertz CT molecular complexity index is 855. The number of halogens is 3. The van der Waals surface area contributed by atoms with Crippen LogP contribution in [0.25, 0.3) is 10.9 Å². The SMILES string of the molecule is O=c1c2cc(OC(F)(F)F)ccc2ncn1C[C@@H](O)C[C@H]1NCCC[C@@H]1O. The Kier molecular flexibility index (Phi) is 5.68. The lowest BCUT2D eigenvalue weighted by molar-refractivity contribution is -0.274. The molecule has 1 aromatic heterocycles. The smallest absolute Gasteiger partial charge is 0.406 e. The fourth-order valence-corrected chi connectivity index (χ4v) is 3.24. The Hall–Kier alpha value is -2.17. The molecule has 2 aromatic rings. The number of fused-ring (bicyclic) bond motifs is 1. The number of nitrogens with one attached hydrogen (secondary N) is 1. The normalized spacial score (nSPS) is 22.0. The van der Waals surface area contributed by atoms with Gasteiger partial charge < -0.3 is 20.3 Å². The number of hydrogen-bond donors (Lipinski definition) is 3. The molecule has 1 saturated heterocycles. The number of aliphatic hydroxyl groups is 2. The highest BCUT2D eigenvalue weighted by atomic mass is 19.4. The summed E-state index contributed by atoms with van der Waals surface area (Å²) in [5.41, 5.74) is -0.353. The van der Waals surface area contributed by atoms with Crippen LogP contribution in [0.2, 0.25) is 0 Å². The fourth-order valence-electron chi connectivity index (χ4n) is 3.24. The number of piperidine rings is 1. The molecule has 0 aliphatic carbocycles. The first-order chi connectivity index (χ1) is 12.7. The monoisotopic (exact) mass is 387 g/mol. The maximum absolute atomic E-state index is 12.5. The Balaban J connectivity index is 1.78. The molecule has 27 heavy (non-hydrogen) atoms. The molecule has 1 aromatic carbocycles. The van der Waals surface area contributed by atoms with Gasteiger partial charge in [0.2, 0.25) is 0 Å². The summed E-state index contributed by atoms with van der Waals surface area (Å²) in [6.07, 6.45) is -3.39. The number of aliphatic hydroxyl groups excluding tert-OH is 2. The van der Waals surface area contributed by atoms with Crippen molar-refractivity contribution in [2.75, 3.05) is 6.54 Å². The second kappa shape index (κ2) is 7.83. The van der Waals surface area contributed by atoms with Crippen LogP contribution < -0.4 is 15.6 Å². The first-order valence-electron chi connectivity index (χ1n) is 8.57. The molecule has 3 N–H and O–H groups in total. The zero-order valence-corrected chi connectivity index (χ0v) is 14.3. The summed E-state index contributed by atoms with van der Waals surface area (Å²) < 4.78 is 42.1. The molecule has 148 valence electrons. The Morgan fingerprint density at radius 2 is 2.19 bits per heavy atom. The molecule has 10 heteroatoms. The topological polar surface area (TPSA) is 96.6 Å². The van der Waals surface area contributed by atoms with Gasteiger partial charge >= 0.3 is 6.36 Å². The summed E-state index contributed by atoms with van der Waals surface area (Å²) in [6.45, 7) is 0.658. The maximum Gasteiger partial charge on any atom is 0.573 e. The summed E-state index contributed by atoms with van der Waals surface area (Å²) >= 11 is 0. The first-order valence-corrected chi connectivity index (χ1v) is 8.57. The lowest BCUT2D eigenvalue weighted by Crippen LogP contribution is -2.47. The second-order valence-corrected chi connectivity index (χ2v) is 6.59. The Morgan fingerprint density at radius 1 is 1.41 bits per heavy atom. The number of ether oxygens (including phenoxy) is 1. The summed E-state index contributed by atoms with van der Waals surface area (Å²) in [5.74, 6) is -0.512. The molecular formula is C17H20F3N3O4. The molecule has 2 heterocycles. The van der Waals surface area contributed by atoms with Crippen LogP contribution in [0.5, 0.6) is 5.75 Å². The van der Waals surface area contributed by atoms with Gasteiger partial charge in [-0.2, -0.15) is 0 Å². The van der Waals surface area contributed by atoms with Gasteiger partial charge in [-0.1, -0.05) is 0 Å². The van der Waals surface area contributed by atoms with Gasteiger partial charge in [-0.15, -0.1) is 13.2 Å². The Morgan fingerprint density at radius 3 is 2.89 bits per heavy atom. The number of hydrogen-bond acceptors (Lipinski definition) is 6. The van der Waals surface area contributed by atoms with Crippen LogP contribution in [-0.4, -0.2) is 50.9 Å². The largest absolute Gasteiger partial charge is 0.573 e. The molecule has 7 nitrogen and oxygen atoms in total. The van der Waals surface area contributed by atoms with Gasteiger partial charge in [0.25, 0.3) is 5.56 Å². The molecule has 3 atom stereocenters. The average molecular weight is 387 g/mol. The van der Waals surface area contributed by atoms with Gasteiger partial charge in [0.05, 0.1) is 36.0 Å². The molecule has 0 radical (unpaired) electrons. The molecule has 3 rings (SSSR count). The summed E-state index contributed by atoms with van der Waals surface area (Å²) in [4.78, 5) is 16.6. The van der Waals surface area contributed by atoms with E-state index in [-0.39, 0.29) is 29.9 Å². The summed E-state index contributed by atoms with van der Waals surface area (Å²) in [7, 11) is 0. The molecular weight excluding hydrogens is 367 g/mol. The van der Waals surface area contributed by atoms with E-state index in [2.05, 4.69) is 15.0 Å². The van der Waals surface area contributed by atoms with E-state index in [1.165, 1.54) is 12.4 Å². The molecule has 0 bridgehead atoms. The Labute approximate surface area is 152 Å². The van der Waals surface area contributed by atoms with Crippen molar-refractivity contribution in [1.29, 1.82) is 0 Å². The summed E-state index contributed by atoms with van der Waals surface area (Å²) in [6, 6.07) is 3.05. The van der Waals surface area contributed by atoms with Crippen LogP contribution in [0.15, 0.2) is 29.3 Å². The van der Waals surface area contributed by atoms with Crippen molar-refractivity contribution in [1.82, 2.24) is 14.9 Å². The minimum Gasteiger partial charge on any atom is -0.406 e. The van der Waals surface area contributed by atoms with Crippen molar-refractivity contribution in [2.45, 2.75) is 50.4 Å². The van der Waals surface area contributed by atoms with Gasteiger partial charge in [0.1, 0.15) is 5.75 Å². The van der Waals surface area contributed by atoms with Crippen molar-refractivity contribution in [3.05, 3.63) is 34.9 Å². The van der Waals surface area contributed by atoms with Crippen LogP contribution in [0.1, 0.15) is 19.3 Å². The minimum atomic E-state index is -4.86. The summed E-state index contributed by atoms with van der Waals surface area (Å²) in [5, 5.41) is 23.3. The van der Waals surface area contributed by atoms with Crippen molar-refractivity contribution in [3.63, 3.8) is 0 Å². The van der Waals surface area contributed by atoms with Crippen LogP contribution in [0.4, 0.5) is 13.2 Å². The van der Waals surface area contributed by atoms with Gasteiger partial charge in [-0.25, -0.2) is 4.98 Å². The van der Waals surface area contributed by atoms with E-state index in [0.29, 0.717) is 6.42 Å². The number of aromatic nitrogens is 2. The molecule has 1 aliphatic heterocycles. The molecule has 1 fully saturated rings. The fraction of sp³-hybridized carbons (Fsp3) is 0.529. The van der Waals surface area contributed by atoms with Crippen molar-refractivity contribution in [2.24, 2.45) is 0 Å². The van der Waals surface area contributed by atoms with E-state index in [0.717, 1.165) is 29.7 Å². The van der Waals surface area contributed by atoms with Gasteiger partial charge in [0, 0.05) is 6.04 Å². The zero-order chi connectivity index (χ0) is 19.6. The second-order valence-electron chi connectivity index (χ2n) is 6.59. The van der Waals surface area contributed by atoms with Crippen LogP contribution in [0.3, 0.4) is 0 Å². The number of benzene rings is 1. The van der Waals surface area contributed by atoms with Gasteiger partial charge in [-0.05, 0) is 44.0 Å². The molecule has 1 aliphatic rings. The van der Waals surface area contributed by atoms with Crippen LogP contribution in [-0.2, 0) is 6.54 Å². The molecule has 0 saturated carbocycles. The van der Waals surface area contributed by atoms with E-state index in [9.17, 15) is 28.2 Å². The van der Waals surface area contributed by atoms with Crippen LogP contribution in [0, 0.1) is 0 Å². The van der Waals surface area contributed by atoms with E-state index in [1.807, 2.05) is 0 Å². The maximum atomic E-state index is 12.5. The average Bonchev–Trinajstić information content (AvgIpc) is 2.58. The van der Waals surface area contributed by atoms with Gasteiger partial charge in [-0.3, -0.25) is 9.36 Å². The minimum absolute atomic E-state index is 0.0396. The zero-order valence-electron chi connectivity index (χ0n) is 14.3. The number of rotatable bonds is 5. The molecule has 0 amide bonds. The van der Waals surface area contributed by atoms with E-state index in [1.54, 1.807) is 0 Å². The van der Waals surface area contributed by atoms with E-state index in [4.69, 9.17) is 0 Å². The van der Waals surface area contributed by atoms with Crippen molar-refractivity contribution in [3.8, 4) is 5.75 Å². The van der Waals surface area contributed by atoms with Crippen molar-refractivity contribution < 1.29 is 28.1 Å². The predicted octanol–water partition coefficient (Wildman–Crippen LogP) is 1.16. The third-order valence-corrected chi connectivity index (χ3v) is 4.51. The van der Waals surface area contributed by atoms with Crippen LogP contribution >= 0.6 is 0 Å². The first kappa shape index (κ1) is 19.6. The van der Waals surface area contributed by atoms with E-state index < -0.39 is 29.9 Å². The highest BCUT2D eigenvalue weighted by Gasteiger charge is 2.31. The lowest BCUT2D eigenvalue weighted by atomic mass is 9.96. The quantitative estimate of drug-likeness (QED) is 0.713.